The summed E-state index contributed by atoms with van der Waals surface area (Å²) in [4.78, 5) is 11.3. The van der Waals surface area contributed by atoms with Gasteiger partial charge in [-0.1, -0.05) is 17.7 Å². The van der Waals surface area contributed by atoms with Gasteiger partial charge in [-0.05, 0) is 24.3 Å². The number of halogens is 1. The molecule has 0 fully saturated rings. The molecular weight excluding hydrogens is 280 g/mol. The molecule has 0 saturated heterocycles. The minimum Gasteiger partial charge on any atom is -0.478 e. The molecule has 0 spiro atoms. The van der Waals surface area contributed by atoms with E-state index in [2.05, 4.69) is 5.10 Å². The van der Waals surface area contributed by atoms with Crippen molar-refractivity contribution >= 4 is 17.6 Å². The van der Waals surface area contributed by atoms with Crippen LogP contribution in [0.15, 0.2) is 53.5 Å². The van der Waals surface area contributed by atoms with Crippen LogP contribution in [0.1, 0.15) is 10.4 Å². The van der Waals surface area contributed by atoms with Crippen LogP contribution in [0.3, 0.4) is 0 Å². The minimum atomic E-state index is -1.05. The highest BCUT2D eigenvalue weighted by molar-refractivity contribution is 6.30. The highest BCUT2D eigenvalue weighted by atomic mass is 35.5. The number of carboxylic acid groups (broad SMARTS) is 1. The maximum absolute atomic E-state index is 11.3. The molecule has 0 saturated carbocycles. The molecule has 3 aromatic rings. The maximum Gasteiger partial charge on any atom is 0.339 e. The summed E-state index contributed by atoms with van der Waals surface area (Å²) >= 11 is 5.93. The van der Waals surface area contributed by atoms with E-state index in [0.29, 0.717) is 22.0 Å². The first-order valence-electron chi connectivity index (χ1n) is 5.76. The lowest BCUT2D eigenvalue weighted by Gasteiger charge is -2.00. The predicted octanol–water partition coefficient (Wildman–Crippen LogP) is 3.48. The minimum absolute atomic E-state index is 0.103. The quantitative estimate of drug-likeness (QED) is 0.801. The van der Waals surface area contributed by atoms with Gasteiger partial charge in [-0.2, -0.15) is 5.10 Å². The number of carboxylic acids is 1. The number of hydrogen-bond donors (Lipinski definition) is 1. The van der Waals surface area contributed by atoms with Crippen LogP contribution in [0.25, 0.3) is 16.9 Å². The van der Waals surface area contributed by atoms with Gasteiger partial charge in [-0.3, -0.25) is 0 Å². The number of hydrogen-bond acceptors (Lipinski definition) is 3. The zero-order valence-electron chi connectivity index (χ0n) is 10.2. The molecule has 1 aromatic carbocycles. The van der Waals surface area contributed by atoms with Crippen molar-refractivity contribution in [3.63, 3.8) is 0 Å². The first-order chi connectivity index (χ1) is 9.65. The molecule has 6 heteroatoms. The van der Waals surface area contributed by atoms with Crippen molar-refractivity contribution < 1.29 is 14.3 Å². The van der Waals surface area contributed by atoms with Crippen LogP contribution in [-0.2, 0) is 0 Å². The van der Waals surface area contributed by atoms with E-state index in [4.69, 9.17) is 16.0 Å². The third-order valence-corrected chi connectivity index (χ3v) is 3.05. The fourth-order valence-corrected chi connectivity index (χ4v) is 2.08. The molecule has 0 atom stereocenters. The largest absolute Gasteiger partial charge is 0.478 e. The third-order valence-electron chi connectivity index (χ3n) is 2.81. The van der Waals surface area contributed by atoms with Crippen molar-refractivity contribution in [1.82, 2.24) is 9.78 Å². The van der Waals surface area contributed by atoms with E-state index < -0.39 is 5.97 Å². The summed E-state index contributed by atoms with van der Waals surface area (Å²) in [7, 11) is 0. The van der Waals surface area contributed by atoms with Crippen molar-refractivity contribution in [2.24, 2.45) is 0 Å². The van der Waals surface area contributed by atoms with Crippen molar-refractivity contribution in [2.45, 2.75) is 0 Å². The van der Waals surface area contributed by atoms with E-state index in [-0.39, 0.29) is 5.56 Å². The first-order valence-corrected chi connectivity index (χ1v) is 6.14. The van der Waals surface area contributed by atoms with E-state index >= 15 is 0 Å². The summed E-state index contributed by atoms with van der Waals surface area (Å²) in [5, 5.41) is 14.1. The Labute approximate surface area is 119 Å². The van der Waals surface area contributed by atoms with E-state index in [0.717, 1.165) is 0 Å². The normalized spacial score (nSPS) is 10.7. The molecule has 3 rings (SSSR count). The summed E-state index contributed by atoms with van der Waals surface area (Å²) in [6.45, 7) is 0. The fourth-order valence-electron chi connectivity index (χ4n) is 1.89. The molecule has 100 valence electrons. The van der Waals surface area contributed by atoms with E-state index in [1.54, 1.807) is 30.3 Å². The van der Waals surface area contributed by atoms with Crippen LogP contribution in [0, 0.1) is 0 Å². The monoisotopic (exact) mass is 288 g/mol. The van der Waals surface area contributed by atoms with E-state index in [1.165, 1.54) is 23.4 Å². The number of carbonyl (C=O) groups is 1. The lowest BCUT2D eigenvalue weighted by molar-refractivity contribution is 0.0697. The summed E-state index contributed by atoms with van der Waals surface area (Å²) in [5.74, 6) is -1.05. The molecule has 5 nitrogen and oxygen atoms in total. The summed E-state index contributed by atoms with van der Waals surface area (Å²) < 4.78 is 6.46. The Bertz CT molecular complexity index is 763. The zero-order chi connectivity index (χ0) is 14.1. The number of nitrogens with zero attached hydrogens (tertiary/aromatic N) is 2. The van der Waals surface area contributed by atoms with Crippen molar-refractivity contribution in [2.75, 3.05) is 0 Å². The molecule has 0 aliphatic carbocycles. The number of furan rings is 1. The van der Waals surface area contributed by atoms with Gasteiger partial charge < -0.3 is 9.52 Å². The van der Waals surface area contributed by atoms with Gasteiger partial charge >= 0.3 is 5.97 Å². The molecule has 0 aliphatic heterocycles. The number of aromatic carboxylic acids is 1. The number of rotatable bonds is 3. The lowest BCUT2D eigenvalue weighted by Crippen LogP contribution is -1.96. The van der Waals surface area contributed by atoms with Gasteiger partial charge in [-0.15, -0.1) is 0 Å². The van der Waals surface area contributed by atoms with Gasteiger partial charge in [0.1, 0.15) is 11.3 Å². The Morgan fingerprint density at radius 1 is 1.35 bits per heavy atom. The molecule has 2 heterocycles. The zero-order valence-corrected chi connectivity index (χ0v) is 10.9. The maximum atomic E-state index is 11.3. The molecule has 2 aromatic heterocycles. The summed E-state index contributed by atoms with van der Waals surface area (Å²) in [5.41, 5.74) is 1.76. The van der Waals surface area contributed by atoms with Crippen LogP contribution in [0.4, 0.5) is 0 Å². The average molecular weight is 289 g/mol. The Balaban J connectivity index is 2.15. The molecule has 0 unspecified atom stereocenters. The molecule has 0 amide bonds. The molecular formula is C14H9ClN2O3. The molecule has 20 heavy (non-hydrogen) atoms. The van der Waals surface area contributed by atoms with Crippen LogP contribution in [0.5, 0.6) is 0 Å². The van der Waals surface area contributed by atoms with Gasteiger partial charge in [0, 0.05) is 16.8 Å². The van der Waals surface area contributed by atoms with Crippen molar-refractivity contribution in [3.05, 3.63) is 59.6 Å². The van der Waals surface area contributed by atoms with Crippen molar-refractivity contribution in [3.8, 4) is 16.9 Å². The Hall–Kier alpha value is -2.53. The molecule has 0 radical (unpaired) electrons. The van der Waals surface area contributed by atoms with Crippen LogP contribution in [0.2, 0.25) is 5.02 Å². The Morgan fingerprint density at radius 3 is 2.85 bits per heavy atom. The Kier molecular flexibility index (Phi) is 3.04. The van der Waals surface area contributed by atoms with Crippen LogP contribution in [-0.4, -0.2) is 20.9 Å². The summed E-state index contributed by atoms with van der Waals surface area (Å²) in [6, 6.07) is 8.68. The second-order valence-electron chi connectivity index (χ2n) is 4.13. The van der Waals surface area contributed by atoms with Gasteiger partial charge in [0.05, 0.1) is 18.2 Å². The topological polar surface area (TPSA) is 68.3 Å². The highest BCUT2D eigenvalue weighted by Gasteiger charge is 2.18. The SMILES string of the molecule is O=C(O)c1cn(-c2cccc(Cl)c2)nc1-c1ccoc1. The average Bonchev–Trinajstić information content (AvgIpc) is 3.08. The highest BCUT2D eigenvalue weighted by Crippen LogP contribution is 2.24. The number of aromatic nitrogens is 2. The molecule has 1 N–H and O–H groups in total. The standard InChI is InChI=1S/C14H9ClN2O3/c15-10-2-1-3-11(6-10)17-7-12(14(18)19)13(16-17)9-4-5-20-8-9/h1-8H,(H,18,19). The molecule has 0 aliphatic rings. The summed E-state index contributed by atoms with van der Waals surface area (Å²) in [6.07, 6.45) is 4.38. The van der Waals surface area contributed by atoms with Crippen molar-refractivity contribution in [1.29, 1.82) is 0 Å². The molecule has 0 bridgehead atoms. The van der Waals surface area contributed by atoms with Gasteiger partial charge in [0.25, 0.3) is 0 Å². The van der Waals surface area contributed by atoms with Crippen LogP contribution < -0.4 is 0 Å². The second kappa shape index (κ2) is 4.86. The fraction of sp³-hybridized carbons (Fsp3) is 0. The first kappa shape index (κ1) is 12.5. The van der Waals surface area contributed by atoms with Gasteiger partial charge in [0.15, 0.2) is 0 Å². The lowest BCUT2D eigenvalue weighted by atomic mass is 10.1. The van der Waals surface area contributed by atoms with E-state index in [9.17, 15) is 9.90 Å². The van der Waals surface area contributed by atoms with Crippen LogP contribution >= 0.6 is 11.6 Å². The van der Waals surface area contributed by atoms with Gasteiger partial charge in [-0.25, -0.2) is 9.48 Å². The Morgan fingerprint density at radius 2 is 2.20 bits per heavy atom. The predicted molar refractivity (Wildman–Crippen MR) is 73.2 cm³/mol. The van der Waals surface area contributed by atoms with Gasteiger partial charge in [0.2, 0.25) is 0 Å². The third kappa shape index (κ3) is 2.19. The van der Waals surface area contributed by atoms with E-state index in [1.807, 2.05) is 0 Å². The second-order valence-corrected chi connectivity index (χ2v) is 4.57. The smallest absolute Gasteiger partial charge is 0.339 e. The number of benzene rings is 1.